The van der Waals surface area contributed by atoms with Crippen LogP contribution in [0.3, 0.4) is 0 Å². The van der Waals surface area contributed by atoms with Crippen molar-refractivity contribution in [2.75, 3.05) is 26.0 Å². The van der Waals surface area contributed by atoms with Gasteiger partial charge in [0.2, 0.25) is 0 Å². The number of nitrogen functional groups attached to an aromatic ring is 1. The Kier molecular flexibility index (Phi) is 7.82. The summed E-state index contributed by atoms with van der Waals surface area (Å²) < 4.78 is 10.8. The molecule has 8 nitrogen and oxygen atoms in total. The highest BCUT2D eigenvalue weighted by Gasteiger charge is 2.15. The quantitative estimate of drug-likeness (QED) is 0.340. The van der Waals surface area contributed by atoms with Gasteiger partial charge in [-0.2, -0.15) is 5.10 Å². The largest absolute Gasteiger partial charge is 0.493 e. The summed E-state index contributed by atoms with van der Waals surface area (Å²) in [5.74, 6) is 0.269. The van der Waals surface area contributed by atoms with Gasteiger partial charge in [-0.05, 0) is 42.3 Å². The highest BCUT2D eigenvalue weighted by atomic mass is 32.1. The van der Waals surface area contributed by atoms with Crippen LogP contribution in [-0.2, 0) is 4.79 Å². The van der Waals surface area contributed by atoms with Crippen molar-refractivity contribution in [1.29, 1.82) is 0 Å². The van der Waals surface area contributed by atoms with Crippen molar-refractivity contribution >= 4 is 35.1 Å². The predicted molar refractivity (Wildman–Crippen MR) is 126 cm³/mol. The number of methoxy groups -OCH3 is 1. The maximum atomic E-state index is 12.5. The summed E-state index contributed by atoms with van der Waals surface area (Å²) in [4.78, 5) is 25.4. The number of thiophene rings is 1. The first-order valence-electron chi connectivity index (χ1n) is 9.87. The lowest BCUT2D eigenvalue weighted by Gasteiger charge is -2.11. The van der Waals surface area contributed by atoms with Crippen LogP contribution < -0.4 is 25.9 Å². The van der Waals surface area contributed by atoms with E-state index in [1.165, 1.54) is 24.7 Å². The third kappa shape index (κ3) is 5.86. The molecule has 0 bridgehead atoms. The Hall–Kier alpha value is -3.85. The zero-order chi connectivity index (χ0) is 22.9. The zero-order valence-electron chi connectivity index (χ0n) is 17.8. The van der Waals surface area contributed by atoms with Crippen LogP contribution in [0.5, 0.6) is 11.5 Å². The van der Waals surface area contributed by atoms with Gasteiger partial charge in [-0.1, -0.05) is 30.3 Å². The van der Waals surface area contributed by atoms with Crippen molar-refractivity contribution in [2.24, 2.45) is 5.10 Å². The van der Waals surface area contributed by atoms with Gasteiger partial charge in [-0.15, -0.1) is 11.3 Å². The molecule has 3 rings (SSSR count). The molecule has 9 heteroatoms. The summed E-state index contributed by atoms with van der Waals surface area (Å²) in [5, 5.41) is 6.67. The SMILES string of the molecule is CCNC(=O)COc1ccc(/C=N/NC(=O)c2sc(-c3ccccc3)cc2N)cc1OC. The number of amides is 2. The Morgan fingerprint density at radius 1 is 1.12 bits per heavy atom. The van der Waals surface area contributed by atoms with Crippen LogP contribution in [0.25, 0.3) is 10.4 Å². The molecule has 4 N–H and O–H groups in total. The number of rotatable bonds is 9. The van der Waals surface area contributed by atoms with Gasteiger partial charge in [0.05, 0.1) is 19.0 Å². The molecule has 0 spiro atoms. The minimum Gasteiger partial charge on any atom is -0.493 e. The zero-order valence-corrected chi connectivity index (χ0v) is 18.6. The maximum Gasteiger partial charge on any atom is 0.283 e. The highest BCUT2D eigenvalue weighted by Crippen LogP contribution is 2.33. The molecule has 0 unspecified atom stereocenters. The number of nitrogens with one attached hydrogen (secondary N) is 2. The van der Waals surface area contributed by atoms with E-state index >= 15 is 0 Å². The third-order valence-corrected chi connectivity index (χ3v) is 5.52. The number of anilines is 1. The molecule has 0 aliphatic rings. The fourth-order valence-electron chi connectivity index (χ4n) is 2.82. The Morgan fingerprint density at radius 2 is 1.91 bits per heavy atom. The monoisotopic (exact) mass is 452 g/mol. The highest BCUT2D eigenvalue weighted by molar-refractivity contribution is 7.18. The van der Waals surface area contributed by atoms with Crippen LogP contribution in [0.15, 0.2) is 59.7 Å². The summed E-state index contributed by atoms with van der Waals surface area (Å²) in [6, 6.07) is 16.6. The van der Waals surface area contributed by atoms with Crippen LogP contribution in [0.2, 0.25) is 0 Å². The van der Waals surface area contributed by atoms with Gasteiger partial charge in [0.1, 0.15) is 4.88 Å². The molecule has 0 aliphatic heterocycles. The minimum atomic E-state index is -0.389. The van der Waals surface area contributed by atoms with E-state index < -0.39 is 0 Å². The molecule has 1 heterocycles. The van der Waals surface area contributed by atoms with E-state index in [2.05, 4.69) is 15.8 Å². The molecule has 0 aliphatic carbocycles. The molecule has 0 saturated carbocycles. The van der Waals surface area contributed by atoms with E-state index in [4.69, 9.17) is 15.2 Å². The van der Waals surface area contributed by atoms with Crippen LogP contribution in [0.1, 0.15) is 22.2 Å². The molecular weight excluding hydrogens is 428 g/mol. The molecular formula is C23H24N4O4S. The Bertz CT molecular complexity index is 1110. The normalized spacial score (nSPS) is 10.7. The number of carbonyl (C=O) groups is 2. The topological polar surface area (TPSA) is 115 Å². The number of nitrogens with two attached hydrogens (primary N) is 1. The van der Waals surface area contributed by atoms with Gasteiger partial charge in [0.15, 0.2) is 18.1 Å². The number of likely N-dealkylation sites (N-methyl/N-ethyl adjacent to an activating group) is 1. The van der Waals surface area contributed by atoms with Crippen molar-refractivity contribution in [3.05, 3.63) is 65.0 Å². The van der Waals surface area contributed by atoms with E-state index in [1.807, 2.05) is 37.3 Å². The molecule has 3 aromatic rings. The third-order valence-electron chi connectivity index (χ3n) is 4.33. The van der Waals surface area contributed by atoms with E-state index in [0.717, 1.165) is 10.4 Å². The summed E-state index contributed by atoms with van der Waals surface area (Å²) in [7, 11) is 1.50. The number of nitrogens with zero attached hydrogens (tertiary/aromatic N) is 1. The van der Waals surface area contributed by atoms with Gasteiger partial charge in [0, 0.05) is 11.4 Å². The van der Waals surface area contributed by atoms with Gasteiger partial charge in [-0.25, -0.2) is 5.43 Å². The average molecular weight is 453 g/mol. The Morgan fingerprint density at radius 3 is 2.62 bits per heavy atom. The Labute approximate surface area is 190 Å². The second-order valence-electron chi connectivity index (χ2n) is 6.61. The molecule has 2 aromatic carbocycles. The van der Waals surface area contributed by atoms with E-state index in [-0.39, 0.29) is 18.4 Å². The number of hydrogen-bond acceptors (Lipinski definition) is 7. The Balaban J connectivity index is 1.64. The van der Waals surface area contributed by atoms with Gasteiger partial charge in [0.25, 0.3) is 11.8 Å². The second kappa shape index (κ2) is 11.0. The lowest BCUT2D eigenvalue weighted by molar-refractivity contribution is -0.123. The molecule has 0 radical (unpaired) electrons. The predicted octanol–water partition coefficient (Wildman–Crippen LogP) is 3.28. The lowest BCUT2D eigenvalue weighted by atomic mass is 10.2. The first-order chi connectivity index (χ1) is 15.5. The minimum absolute atomic E-state index is 0.110. The number of hydrazone groups is 1. The van der Waals surface area contributed by atoms with Gasteiger partial charge >= 0.3 is 0 Å². The smallest absolute Gasteiger partial charge is 0.283 e. The molecule has 0 fully saturated rings. The van der Waals surface area contributed by atoms with E-state index in [9.17, 15) is 9.59 Å². The summed E-state index contributed by atoms with van der Waals surface area (Å²) in [6.07, 6.45) is 1.48. The fraction of sp³-hybridized carbons (Fsp3) is 0.174. The number of hydrogen-bond donors (Lipinski definition) is 3. The average Bonchev–Trinajstić information content (AvgIpc) is 3.20. The van der Waals surface area contributed by atoms with E-state index in [1.54, 1.807) is 24.3 Å². The first-order valence-corrected chi connectivity index (χ1v) is 10.7. The molecule has 2 amide bonds. The number of ether oxygens (including phenoxy) is 2. The number of benzene rings is 2. The van der Waals surface area contributed by atoms with E-state index in [0.29, 0.717) is 34.2 Å². The van der Waals surface area contributed by atoms with Crippen molar-refractivity contribution in [1.82, 2.24) is 10.7 Å². The van der Waals surface area contributed by atoms with Crippen molar-refractivity contribution in [3.8, 4) is 21.9 Å². The van der Waals surface area contributed by atoms with Crippen LogP contribution in [0.4, 0.5) is 5.69 Å². The van der Waals surface area contributed by atoms with Crippen molar-refractivity contribution in [3.63, 3.8) is 0 Å². The van der Waals surface area contributed by atoms with Crippen LogP contribution >= 0.6 is 11.3 Å². The lowest BCUT2D eigenvalue weighted by Crippen LogP contribution is -2.28. The van der Waals surface area contributed by atoms with Gasteiger partial charge in [-0.3, -0.25) is 9.59 Å². The van der Waals surface area contributed by atoms with Crippen molar-refractivity contribution in [2.45, 2.75) is 6.92 Å². The molecule has 0 saturated heterocycles. The van der Waals surface area contributed by atoms with Crippen LogP contribution in [-0.4, -0.2) is 38.3 Å². The summed E-state index contributed by atoms with van der Waals surface area (Å²) in [5.41, 5.74) is 10.6. The molecule has 0 atom stereocenters. The van der Waals surface area contributed by atoms with Crippen LogP contribution in [0, 0.1) is 0 Å². The fourth-order valence-corrected chi connectivity index (χ4v) is 3.79. The maximum absolute atomic E-state index is 12.5. The summed E-state index contributed by atoms with van der Waals surface area (Å²) >= 11 is 1.31. The molecule has 166 valence electrons. The second-order valence-corrected chi connectivity index (χ2v) is 7.66. The number of carbonyl (C=O) groups excluding carboxylic acids is 2. The summed E-state index contributed by atoms with van der Waals surface area (Å²) in [6.45, 7) is 2.26. The standard InChI is InChI=1S/C23H24N4O4S/c1-3-25-21(28)14-31-18-10-9-15(11-19(18)30-2)13-26-27-23(29)22-17(24)12-20(32-22)16-7-5-4-6-8-16/h4-13H,3,14,24H2,1-2H3,(H,25,28)(H,27,29)/b26-13+. The van der Waals surface area contributed by atoms with Gasteiger partial charge < -0.3 is 20.5 Å². The molecule has 32 heavy (non-hydrogen) atoms. The van der Waals surface area contributed by atoms with Crippen molar-refractivity contribution < 1.29 is 19.1 Å². The molecule has 1 aromatic heterocycles. The first kappa shape index (κ1) is 22.8.